The van der Waals surface area contributed by atoms with Crippen LogP contribution in [0, 0.1) is 0 Å². The molecular formula is C20H26N4O4S. The maximum Gasteiger partial charge on any atom is 0.324 e. The quantitative estimate of drug-likeness (QED) is 0.434. The third kappa shape index (κ3) is 5.10. The fourth-order valence-electron chi connectivity index (χ4n) is 3.44. The largest absolute Gasteiger partial charge is 0.394 e. The average molecular weight is 419 g/mol. The molecule has 4 amide bonds. The number of thioether (sulfide) groups is 1. The Labute approximate surface area is 173 Å². The molecule has 0 spiro atoms. The zero-order valence-electron chi connectivity index (χ0n) is 16.3. The van der Waals surface area contributed by atoms with Crippen molar-refractivity contribution in [2.75, 3.05) is 25.2 Å². The van der Waals surface area contributed by atoms with Crippen LogP contribution in [0.1, 0.15) is 18.4 Å². The molecule has 9 heteroatoms. The van der Waals surface area contributed by atoms with Crippen LogP contribution in [0.2, 0.25) is 0 Å². The van der Waals surface area contributed by atoms with Gasteiger partial charge in [0, 0.05) is 23.6 Å². The summed E-state index contributed by atoms with van der Waals surface area (Å²) in [4.78, 5) is 41.4. The van der Waals surface area contributed by atoms with Gasteiger partial charge in [-0.15, -0.1) is 0 Å². The summed E-state index contributed by atoms with van der Waals surface area (Å²) in [5.74, 6) is 0.0589. The highest BCUT2D eigenvalue weighted by Gasteiger charge is 2.38. The number of fused-ring (bicyclic) bond motifs is 1. The van der Waals surface area contributed by atoms with E-state index in [0.29, 0.717) is 12.8 Å². The summed E-state index contributed by atoms with van der Waals surface area (Å²) in [6, 6.07) is 6.16. The lowest BCUT2D eigenvalue weighted by atomic mass is 10.1. The molecule has 1 aromatic heterocycles. The number of aliphatic hydroxyl groups excluding tert-OH is 1. The Morgan fingerprint density at radius 1 is 1.34 bits per heavy atom. The smallest absolute Gasteiger partial charge is 0.324 e. The lowest BCUT2D eigenvalue weighted by Crippen LogP contribution is -2.42. The molecule has 0 aliphatic carbocycles. The van der Waals surface area contributed by atoms with Crippen molar-refractivity contribution in [2.45, 2.75) is 31.3 Å². The molecule has 1 fully saturated rings. The number of nitrogens with zero attached hydrogens (tertiary/aromatic N) is 1. The number of benzene rings is 1. The van der Waals surface area contributed by atoms with E-state index in [1.54, 1.807) is 11.8 Å². The van der Waals surface area contributed by atoms with Gasteiger partial charge in [0.1, 0.15) is 6.04 Å². The van der Waals surface area contributed by atoms with Crippen molar-refractivity contribution in [3.05, 3.63) is 36.0 Å². The summed E-state index contributed by atoms with van der Waals surface area (Å²) in [6.07, 6.45) is 4.88. The van der Waals surface area contributed by atoms with Crippen LogP contribution in [0.5, 0.6) is 0 Å². The number of hydrogen-bond donors (Lipinski definition) is 4. The van der Waals surface area contributed by atoms with E-state index < -0.39 is 18.0 Å². The summed E-state index contributed by atoms with van der Waals surface area (Å²) in [5, 5.41) is 15.7. The van der Waals surface area contributed by atoms with Crippen molar-refractivity contribution >= 4 is 40.5 Å². The summed E-state index contributed by atoms with van der Waals surface area (Å²) in [6.45, 7) is 0.0889. The van der Waals surface area contributed by atoms with Gasteiger partial charge in [-0.05, 0) is 36.5 Å². The summed E-state index contributed by atoms with van der Waals surface area (Å²) < 4.78 is 0. The van der Waals surface area contributed by atoms with Crippen LogP contribution in [0.4, 0.5) is 4.79 Å². The topological polar surface area (TPSA) is 115 Å². The Kier molecular flexibility index (Phi) is 7.16. The number of urea groups is 1. The maximum atomic E-state index is 12.6. The molecule has 156 valence electrons. The van der Waals surface area contributed by atoms with Crippen LogP contribution < -0.4 is 10.6 Å². The van der Waals surface area contributed by atoms with E-state index >= 15 is 0 Å². The molecular weight excluding hydrogens is 392 g/mol. The molecule has 4 N–H and O–H groups in total. The first-order valence-electron chi connectivity index (χ1n) is 9.59. The lowest BCUT2D eigenvalue weighted by molar-refractivity contribution is -0.131. The number of H-pyrrole nitrogens is 1. The SMILES string of the molecule is CSCC[C@@H](CO)NC(=O)CC1NC(=O)N(CCc2c[nH]c3ccccc23)C1=O. The molecule has 2 aromatic rings. The standard InChI is InChI=1S/C20H26N4O4S/c1-29-9-7-14(12-25)22-18(26)10-17-19(27)24(20(28)23-17)8-6-13-11-21-16-5-3-2-4-15(13)16/h2-5,11,14,17,21,25H,6-10,12H2,1H3,(H,22,26)(H,23,28)/t14-,17?/m0/s1. The average Bonchev–Trinajstić information content (AvgIpc) is 3.24. The Morgan fingerprint density at radius 3 is 2.90 bits per heavy atom. The van der Waals surface area contributed by atoms with Gasteiger partial charge in [0.05, 0.1) is 19.1 Å². The first-order chi connectivity index (χ1) is 14.0. The number of aliphatic hydroxyl groups is 1. The number of carbonyl (C=O) groups excluding carboxylic acids is 3. The van der Waals surface area contributed by atoms with Gasteiger partial charge in [-0.25, -0.2) is 4.79 Å². The molecule has 1 aliphatic heterocycles. The summed E-state index contributed by atoms with van der Waals surface area (Å²) in [7, 11) is 0. The lowest BCUT2D eigenvalue weighted by Gasteiger charge is -2.17. The van der Waals surface area contributed by atoms with E-state index in [1.165, 1.54) is 0 Å². The van der Waals surface area contributed by atoms with Gasteiger partial charge < -0.3 is 20.7 Å². The van der Waals surface area contributed by atoms with Crippen molar-refractivity contribution in [3.63, 3.8) is 0 Å². The molecule has 1 aromatic carbocycles. The van der Waals surface area contributed by atoms with Gasteiger partial charge in [-0.2, -0.15) is 11.8 Å². The molecule has 1 unspecified atom stereocenters. The van der Waals surface area contributed by atoms with Crippen LogP contribution >= 0.6 is 11.8 Å². The number of nitrogens with one attached hydrogen (secondary N) is 3. The van der Waals surface area contributed by atoms with Crippen molar-refractivity contribution in [1.29, 1.82) is 0 Å². The van der Waals surface area contributed by atoms with Crippen molar-refractivity contribution < 1.29 is 19.5 Å². The normalized spacial score (nSPS) is 17.6. The van der Waals surface area contributed by atoms with Gasteiger partial charge >= 0.3 is 6.03 Å². The first kappa shape index (κ1) is 21.2. The molecule has 0 saturated carbocycles. The van der Waals surface area contributed by atoms with Crippen molar-refractivity contribution in [3.8, 4) is 0 Å². The van der Waals surface area contributed by atoms with Crippen LogP contribution in [0.3, 0.4) is 0 Å². The maximum absolute atomic E-state index is 12.6. The van der Waals surface area contributed by atoms with Crippen molar-refractivity contribution in [2.24, 2.45) is 0 Å². The number of aromatic nitrogens is 1. The summed E-state index contributed by atoms with van der Waals surface area (Å²) >= 11 is 1.63. The Morgan fingerprint density at radius 2 is 2.14 bits per heavy atom. The fraction of sp³-hybridized carbons (Fsp3) is 0.450. The highest BCUT2D eigenvalue weighted by atomic mass is 32.2. The minimum Gasteiger partial charge on any atom is -0.394 e. The predicted molar refractivity (Wildman–Crippen MR) is 113 cm³/mol. The number of amides is 4. The number of para-hydroxylation sites is 1. The van der Waals surface area contributed by atoms with E-state index in [-0.39, 0.29) is 31.5 Å². The third-order valence-corrected chi connectivity index (χ3v) is 5.68. The predicted octanol–water partition coefficient (Wildman–Crippen LogP) is 1.25. The molecule has 1 saturated heterocycles. The number of hydrogen-bond acceptors (Lipinski definition) is 5. The molecule has 2 heterocycles. The zero-order chi connectivity index (χ0) is 20.8. The molecule has 29 heavy (non-hydrogen) atoms. The number of rotatable bonds is 10. The Balaban J connectivity index is 1.54. The molecule has 0 bridgehead atoms. The first-order valence-corrected chi connectivity index (χ1v) is 11.0. The number of aromatic amines is 1. The van der Waals surface area contributed by atoms with Gasteiger partial charge in [0.15, 0.2) is 0 Å². The van der Waals surface area contributed by atoms with Crippen LogP contribution in [-0.4, -0.2) is 70.1 Å². The fourth-order valence-corrected chi connectivity index (χ4v) is 3.96. The van der Waals surface area contributed by atoms with Crippen LogP contribution in [0.15, 0.2) is 30.5 Å². The van der Waals surface area contributed by atoms with Crippen LogP contribution in [-0.2, 0) is 16.0 Å². The highest BCUT2D eigenvalue weighted by molar-refractivity contribution is 7.98. The highest BCUT2D eigenvalue weighted by Crippen LogP contribution is 2.19. The van der Waals surface area contributed by atoms with E-state index in [4.69, 9.17) is 0 Å². The molecule has 1 aliphatic rings. The van der Waals surface area contributed by atoms with Gasteiger partial charge in [-0.1, -0.05) is 18.2 Å². The Hall–Kier alpha value is -2.52. The minimum atomic E-state index is -0.870. The summed E-state index contributed by atoms with van der Waals surface area (Å²) in [5.41, 5.74) is 2.04. The van der Waals surface area contributed by atoms with Gasteiger partial charge in [0.2, 0.25) is 5.91 Å². The van der Waals surface area contributed by atoms with Crippen molar-refractivity contribution in [1.82, 2.24) is 20.5 Å². The third-order valence-electron chi connectivity index (χ3n) is 5.03. The number of imide groups is 1. The molecule has 2 atom stereocenters. The Bertz CT molecular complexity index is 884. The second kappa shape index (κ2) is 9.80. The van der Waals surface area contributed by atoms with E-state index in [0.717, 1.165) is 27.1 Å². The second-order valence-corrected chi connectivity index (χ2v) is 8.02. The van der Waals surface area contributed by atoms with E-state index in [9.17, 15) is 19.5 Å². The molecule has 3 rings (SSSR count). The molecule has 0 radical (unpaired) electrons. The number of carbonyl (C=O) groups is 3. The second-order valence-electron chi connectivity index (χ2n) is 7.03. The molecule has 8 nitrogen and oxygen atoms in total. The monoisotopic (exact) mass is 418 g/mol. The minimum absolute atomic E-state index is 0.135. The van der Waals surface area contributed by atoms with Crippen LogP contribution in [0.25, 0.3) is 10.9 Å². The van der Waals surface area contributed by atoms with Gasteiger partial charge in [-0.3, -0.25) is 14.5 Å². The van der Waals surface area contributed by atoms with E-state index in [2.05, 4.69) is 15.6 Å². The van der Waals surface area contributed by atoms with Gasteiger partial charge in [0.25, 0.3) is 5.91 Å². The zero-order valence-corrected chi connectivity index (χ0v) is 17.1. The van der Waals surface area contributed by atoms with E-state index in [1.807, 2.05) is 36.7 Å².